The number of fused-ring (bicyclic) bond motifs is 1. The van der Waals surface area contributed by atoms with Crippen molar-refractivity contribution in [2.24, 2.45) is 0 Å². The average molecular weight is 312 g/mol. The van der Waals surface area contributed by atoms with E-state index in [1.807, 2.05) is 53.1 Å². The normalized spacial score (nSPS) is 17.0. The summed E-state index contributed by atoms with van der Waals surface area (Å²) in [5, 5.41) is 3.41. The Morgan fingerprint density at radius 3 is 2.73 bits per heavy atom. The molecule has 1 atom stereocenters. The molecule has 2 aromatic rings. The van der Waals surface area contributed by atoms with Crippen LogP contribution in [0.3, 0.4) is 0 Å². The third-order valence-corrected chi connectivity index (χ3v) is 5.08. The number of benzene rings is 2. The number of rotatable bonds is 1. The zero-order valence-corrected chi connectivity index (χ0v) is 13.9. The molecule has 0 saturated heterocycles. The Bertz CT molecular complexity index is 714. The summed E-state index contributed by atoms with van der Waals surface area (Å²) in [6.45, 7) is 7.00. The molecular formula is C18H20N2OS. The molecule has 0 unspecified atom stereocenters. The second kappa shape index (κ2) is 6.05. The van der Waals surface area contributed by atoms with E-state index in [1.165, 1.54) is 11.1 Å². The molecule has 1 aliphatic heterocycles. The summed E-state index contributed by atoms with van der Waals surface area (Å²) in [5.41, 5.74) is 4.25. The maximum atomic E-state index is 12.7. The molecule has 1 heterocycles. The molecule has 0 fully saturated rings. The van der Waals surface area contributed by atoms with Crippen LogP contribution in [0.4, 0.5) is 16.2 Å². The van der Waals surface area contributed by atoms with E-state index in [9.17, 15) is 4.79 Å². The maximum absolute atomic E-state index is 12.7. The van der Waals surface area contributed by atoms with Crippen LogP contribution in [0.5, 0.6) is 0 Å². The van der Waals surface area contributed by atoms with Crippen molar-refractivity contribution in [2.75, 3.05) is 16.8 Å². The monoisotopic (exact) mass is 312 g/mol. The molecule has 0 saturated carbocycles. The number of hydrogen-bond acceptors (Lipinski definition) is 2. The zero-order valence-electron chi connectivity index (χ0n) is 13.1. The highest BCUT2D eigenvalue weighted by Crippen LogP contribution is 2.38. The van der Waals surface area contributed by atoms with E-state index in [1.54, 1.807) is 0 Å². The Morgan fingerprint density at radius 2 is 1.95 bits per heavy atom. The van der Waals surface area contributed by atoms with E-state index in [-0.39, 0.29) is 6.03 Å². The number of nitrogens with one attached hydrogen (secondary N) is 1. The number of amides is 2. The van der Waals surface area contributed by atoms with Crippen molar-refractivity contribution < 1.29 is 4.79 Å². The highest BCUT2D eigenvalue weighted by Gasteiger charge is 2.26. The van der Waals surface area contributed by atoms with Crippen molar-refractivity contribution >= 4 is 29.2 Å². The van der Waals surface area contributed by atoms with Crippen LogP contribution < -0.4 is 10.2 Å². The molecule has 2 amide bonds. The molecule has 2 aromatic carbocycles. The highest BCUT2D eigenvalue weighted by molar-refractivity contribution is 8.00. The lowest BCUT2D eigenvalue weighted by atomic mass is 10.1. The van der Waals surface area contributed by atoms with Gasteiger partial charge in [0.25, 0.3) is 0 Å². The van der Waals surface area contributed by atoms with Gasteiger partial charge >= 0.3 is 6.03 Å². The summed E-state index contributed by atoms with van der Waals surface area (Å²) >= 11 is 1.82. The van der Waals surface area contributed by atoms with Crippen LogP contribution in [0.15, 0.2) is 47.4 Å². The van der Waals surface area contributed by atoms with Crippen LogP contribution in [-0.2, 0) is 0 Å². The van der Waals surface area contributed by atoms with Gasteiger partial charge in [0.1, 0.15) is 0 Å². The molecule has 0 aromatic heterocycles. The first-order valence-electron chi connectivity index (χ1n) is 7.46. The van der Waals surface area contributed by atoms with Crippen molar-refractivity contribution in [1.82, 2.24) is 0 Å². The van der Waals surface area contributed by atoms with Gasteiger partial charge in [-0.15, -0.1) is 11.8 Å². The van der Waals surface area contributed by atoms with Crippen LogP contribution in [-0.4, -0.2) is 17.8 Å². The van der Waals surface area contributed by atoms with Crippen molar-refractivity contribution in [3.8, 4) is 0 Å². The minimum atomic E-state index is -0.0668. The van der Waals surface area contributed by atoms with Crippen LogP contribution in [0.25, 0.3) is 0 Å². The minimum absolute atomic E-state index is 0.0668. The van der Waals surface area contributed by atoms with E-state index in [0.717, 1.165) is 22.8 Å². The smallest absolute Gasteiger partial charge is 0.308 e. The summed E-state index contributed by atoms with van der Waals surface area (Å²) < 4.78 is 0. The average Bonchev–Trinajstić information content (AvgIpc) is 2.50. The van der Waals surface area contributed by atoms with Gasteiger partial charge < -0.3 is 5.32 Å². The van der Waals surface area contributed by atoms with Crippen molar-refractivity contribution in [3.05, 3.63) is 53.6 Å². The summed E-state index contributed by atoms with van der Waals surface area (Å²) in [4.78, 5) is 15.7. The minimum Gasteiger partial charge on any atom is -0.308 e. The zero-order chi connectivity index (χ0) is 15.7. The van der Waals surface area contributed by atoms with Gasteiger partial charge in [-0.3, -0.25) is 4.90 Å². The van der Waals surface area contributed by atoms with Gasteiger partial charge in [0.15, 0.2) is 0 Å². The predicted octanol–water partition coefficient (Wildman–Crippen LogP) is 4.84. The number of nitrogens with zero attached hydrogens (tertiary/aromatic N) is 1. The van der Waals surface area contributed by atoms with E-state index < -0.39 is 0 Å². The lowest BCUT2D eigenvalue weighted by molar-refractivity contribution is 0.256. The summed E-state index contributed by atoms with van der Waals surface area (Å²) in [7, 11) is 0. The Hall–Kier alpha value is -1.94. The molecule has 1 aliphatic rings. The topological polar surface area (TPSA) is 32.3 Å². The molecule has 3 nitrogen and oxygen atoms in total. The van der Waals surface area contributed by atoms with Gasteiger partial charge in [-0.2, -0.15) is 0 Å². The molecule has 0 radical (unpaired) electrons. The van der Waals surface area contributed by atoms with Crippen LogP contribution in [0, 0.1) is 13.8 Å². The maximum Gasteiger partial charge on any atom is 0.326 e. The summed E-state index contributed by atoms with van der Waals surface area (Å²) in [6.07, 6.45) is 0. The Labute approximate surface area is 135 Å². The van der Waals surface area contributed by atoms with Gasteiger partial charge in [0, 0.05) is 22.4 Å². The van der Waals surface area contributed by atoms with E-state index in [0.29, 0.717) is 5.25 Å². The molecule has 3 rings (SSSR count). The Balaban J connectivity index is 1.84. The van der Waals surface area contributed by atoms with Gasteiger partial charge in [0.05, 0.1) is 5.69 Å². The fraction of sp³-hybridized carbons (Fsp3) is 0.278. The number of carbonyl (C=O) groups excluding carboxylic acids is 1. The number of aryl methyl sites for hydroxylation is 2. The largest absolute Gasteiger partial charge is 0.326 e. The second-order valence-electron chi connectivity index (χ2n) is 5.74. The molecular weight excluding hydrogens is 292 g/mol. The molecule has 0 spiro atoms. The predicted molar refractivity (Wildman–Crippen MR) is 94.0 cm³/mol. The van der Waals surface area contributed by atoms with Crippen LogP contribution >= 0.6 is 11.8 Å². The van der Waals surface area contributed by atoms with Crippen molar-refractivity contribution in [1.29, 1.82) is 0 Å². The Morgan fingerprint density at radius 1 is 1.18 bits per heavy atom. The highest BCUT2D eigenvalue weighted by atomic mass is 32.2. The van der Waals surface area contributed by atoms with Gasteiger partial charge in [-0.1, -0.05) is 25.1 Å². The molecule has 22 heavy (non-hydrogen) atoms. The number of anilines is 2. The Kier molecular flexibility index (Phi) is 4.12. The number of carbonyl (C=O) groups is 1. The number of para-hydroxylation sites is 1. The quantitative estimate of drug-likeness (QED) is 0.817. The lowest BCUT2D eigenvalue weighted by Crippen LogP contribution is -2.41. The van der Waals surface area contributed by atoms with E-state index in [4.69, 9.17) is 0 Å². The van der Waals surface area contributed by atoms with E-state index in [2.05, 4.69) is 32.2 Å². The first-order chi connectivity index (χ1) is 10.5. The first kappa shape index (κ1) is 15.0. The summed E-state index contributed by atoms with van der Waals surface area (Å²) in [5.74, 6) is 0. The van der Waals surface area contributed by atoms with Crippen LogP contribution in [0.1, 0.15) is 18.1 Å². The molecule has 4 heteroatoms. The van der Waals surface area contributed by atoms with E-state index >= 15 is 0 Å². The van der Waals surface area contributed by atoms with Gasteiger partial charge in [-0.25, -0.2) is 4.79 Å². The molecule has 1 N–H and O–H groups in total. The first-order valence-corrected chi connectivity index (χ1v) is 8.34. The third kappa shape index (κ3) is 2.97. The lowest BCUT2D eigenvalue weighted by Gasteiger charge is -2.32. The SMILES string of the molecule is Cc1ccc(NC(=O)N2C[C@H](C)Sc3ccccc32)cc1C. The molecule has 114 valence electrons. The standard InChI is InChI=1S/C18H20N2OS/c1-12-8-9-15(10-13(12)2)19-18(21)20-11-14(3)22-17-7-5-4-6-16(17)20/h4-10,14H,11H2,1-3H3,(H,19,21)/t14-/m0/s1. The summed E-state index contributed by atoms with van der Waals surface area (Å²) in [6, 6.07) is 14.0. The second-order valence-corrected chi connectivity index (χ2v) is 7.22. The van der Waals surface area contributed by atoms with Crippen LogP contribution in [0.2, 0.25) is 0 Å². The van der Waals surface area contributed by atoms with Gasteiger partial charge in [0.2, 0.25) is 0 Å². The van der Waals surface area contributed by atoms with Crippen molar-refractivity contribution in [2.45, 2.75) is 30.9 Å². The number of hydrogen-bond donors (Lipinski definition) is 1. The fourth-order valence-electron chi connectivity index (χ4n) is 2.59. The molecule has 0 bridgehead atoms. The fourth-order valence-corrected chi connectivity index (χ4v) is 3.70. The molecule has 0 aliphatic carbocycles. The number of thioether (sulfide) groups is 1. The van der Waals surface area contributed by atoms with Gasteiger partial charge in [-0.05, 0) is 49.2 Å². The van der Waals surface area contributed by atoms with Crippen molar-refractivity contribution in [3.63, 3.8) is 0 Å². The number of urea groups is 1. The third-order valence-electron chi connectivity index (χ3n) is 3.93.